The van der Waals surface area contributed by atoms with Crippen molar-refractivity contribution in [1.82, 2.24) is 0 Å². The maximum absolute atomic E-state index is 11.3. The van der Waals surface area contributed by atoms with E-state index in [0.717, 1.165) is 22.4 Å². The Hall–Kier alpha value is -2.29. The number of nitrogens with one attached hydrogen (secondary N) is 1. The molecule has 1 aliphatic rings. The van der Waals surface area contributed by atoms with Crippen LogP contribution in [0.15, 0.2) is 42.5 Å². The number of carbonyl (C=O) groups excluding carboxylic acids is 1. The molecule has 2 N–H and O–H groups in total. The molecule has 3 nitrogen and oxygen atoms in total. The monoisotopic (exact) mass is 225 g/mol. The molecular weight excluding hydrogens is 214 g/mol. The van der Waals surface area contributed by atoms with Gasteiger partial charge >= 0.3 is 0 Å². The Morgan fingerprint density at radius 3 is 2.71 bits per heavy atom. The maximum atomic E-state index is 11.3. The highest BCUT2D eigenvalue weighted by molar-refractivity contribution is 5.99. The zero-order valence-electron chi connectivity index (χ0n) is 9.10. The lowest BCUT2D eigenvalue weighted by Gasteiger charge is -2.05. The van der Waals surface area contributed by atoms with Crippen LogP contribution in [-0.4, -0.2) is 11.0 Å². The number of benzene rings is 2. The van der Waals surface area contributed by atoms with Crippen molar-refractivity contribution in [2.24, 2.45) is 0 Å². The van der Waals surface area contributed by atoms with Gasteiger partial charge in [0.2, 0.25) is 5.91 Å². The molecule has 1 amide bonds. The molecule has 0 bridgehead atoms. The predicted octanol–water partition coefficient (Wildman–Crippen LogP) is 2.55. The van der Waals surface area contributed by atoms with Gasteiger partial charge in [0.25, 0.3) is 0 Å². The third-order valence-corrected chi connectivity index (χ3v) is 2.91. The van der Waals surface area contributed by atoms with Crippen LogP contribution in [0.5, 0.6) is 5.75 Å². The quantitative estimate of drug-likeness (QED) is 0.783. The largest absolute Gasteiger partial charge is 0.508 e. The van der Waals surface area contributed by atoms with E-state index in [1.54, 1.807) is 18.2 Å². The van der Waals surface area contributed by atoms with Crippen LogP contribution < -0.4 is 5.32 Å². The Morgan fingerprint density at radius 1 is 1.06 bits per heavy atom. The van der Waals surface area contributed by atoms with Crippen LogP contribution in [-0.2, 0) is 11.2 Å². The smallest absolute Gasteiger partial charge is 0.228 e. The number of aromatic hydroxyl groups is 1. The molecule has 3 rings (SSSR count). The third kappa shape index (κ3) is 1.76. The summed E-state index contributed by atoms with van der Waals surface area (Å²) < 4.78 is 0. The topological polar surface area (TPSA) is 49.3 Å². The van der Waals surface area contributed by atoms with Crippen molar-refractivity contribution in [3.05, 3.63) is 48.0 Å². The molecule has 0 aromatic heterocycles. The lowest BCUT2D eigenvalue weighted by atomic mass is 10.0. The second kappa shape index (κ2) is 3.63. The van der Waals surface area contributed by atoms with Crippen molar-refractivity contribution in [1.29, 1.82) is 0 Å². The lowest BCUT2D eigenvalue weighted by molar-refractivity contribution is -0.115. The van der Waals surface area contributed by atoms with Gasteiger partial charge in [-0.1, -0.05) is 24.3 Å². The molecule has 84 valence electrons. The molecule has 0 atom stereocenters. The van der Waals surface area contributed by atoms with Gasteiger partial charge in [0, 0.05) is 5.69 Å². The molecule has 0 radical (unpaired) electrons. The second-order valence-corrected chi connectivity index (χ2v) is 4.15. The molecule has 0 saturated carbocycles. The second-order valence-electron chi connectivity index (χ2n) is 4.15. The van der Waals surface area contributed by atoms with Gasteiger partial charge in [-0.2, -0.15) is 0 Å². The van der Waals surface area contributed by atoms with E-state index < -0.39 is 0 Å². The molecule has 3 heteroatoms. The summed E-state index contributed by atoms with van der Waals surface area (Å²) in [6, 6.07) is 12.9. The SMILES string of the molecule is O=C1Cc2ccc(-c3cccc(O)c3)cc2N1. The minimum absolute atomic E-state index is 0.0352. The highest BCUT2D eigenvalue weighted by Crippen LogP contribution is 2.30. The van der Waals surface area contributed by atoms with Gasteiger partial charge < -0.3 is 10.4 Å². The van der Waals surface area contributed by atoms with Gasteiger partial charge in [-0.25, -0.2) is 0 Å². The third-order valence-electron chi connectivity index (χ3n) is 2.91. The van der Waals surface area contributed by atoms with Crippen molar-refractivity contribution in [3.8, 4) is 16.9 Å². The summed E-state index contributed by atoms with van der Waals surface area (Å²) in [5.74, 6) is 0.278. The first kappa shape index (κ1) is 9.90. The highest BCUT2D eigenvalue weighted by atomic mass is 16.3. The maximum Gasteiger partial charge on any atom is 0.228 e. The summed E-state index contributed by atoms with van der Waals surface area (Å²) >= 11 is 0. The van der Waals surface area contributed by atoms with E-state index >= 15 is 0 Å². The number of anilines is 1. The van der Waals surface area contributed by atoms with Gasteiger partial charge in [-0.05, 0) is 34.9 Å². The van der Waals surface area contributed by atoms with Crippen LogP contribution in [0.1, 0.15) is 5.56 Å². The highest BCUT2D eigenvalue weighted by Gasteiger charge is 2.17. The minimum Gasteiger partial charge on any atom is -0.508 e. The van der Waals surface area contributed by atoms with Crippen LogP contribution in [0, 0.1) is 0 Å². The van der Waals surface area contributed by atoms with E-state index in [-0.39, 0.29) is 11.7 Å². The summed E-state index contributed by atoms with van der Waals surface area (Å²) in [6.45, 7) is 0. The van der Waals surface area contributed by atoms with Gasteiger partial charge in [0.15, 0.2) is 0 Å². The Bertz CT molecular complexity index is 605. The molecule has 0 saturated heterocycles. The van der Waals surface area contributed by atoms with E-state index in [0.29, 0.717) is 6.42 Å². The first-order chi connectivity index (χ1) is 8.22. The number of carbonyl (C=O) groups is 1. The van der Waals surface area contributed by atoms with Crippen LogP contribution >= 0.6 is 0 Å². The van der Waals surface area contributed by atoms with Crippen LogP contribution in [0.3, 0.4) is 0 Å². The Kier molecular flexibility index (Phi) is 2.11. The van der Waals surface area contributed by atoms with E-state index in [1.807, 2.05) is 24.3 Å². The summed E-state index contributed by atoms with van der Waals surface area (Å²) in [4.78, 5) is 11.3. The first-order valence-corrected chi connectivity index (χ1v) is 5.44. The molecule has 0 fully saturated rings. The molecule has 1 aliphatic heterocycles. The van der Waals surface area contributed by atoms with Gasteiger partial charge in [-0.15, -0.1) is 0 Å². The number of hydrogen-bond acceptors (Lipinski definition) is 2. The number of phenols is 1. The van der Waals surface area contributed by atoms with E-state index in [4.69, 9.17) is 0 Å². The summed E-state index contributed by atoms with van der Waals surface area (Å²) in [5, 5.41) is 12.3. The minimum atomic E-state index is 0.0352. The summed E-state index contributed by atoms with van der Waals surface area (Å²) in [6.07, 6.45) is 0.454. The molecule has 2 aromatic carbocycles. The van der Waals surface area contributed by atoms with Crippen molar-refractivity contribution in [3.63, 3.8) is 0 Å². The fraction of sp³-hybridized carbons (Fsp3) is 0.0714. The number of amides is 1. The average Bonchev–Trinajstić information content (AvgIpc) is 2.68. The zero-order chi connectivity index (χ0) is 11.8. The van der Waals surface area contributed by atoms with Gasteiger partial charge in [-0.3, -0.25) is 4.79 Å². The predicted molar refractivity (Wildman–Crippen MR) is 65.9 cm³/mol. The van der Waals surface area contributed by atoms with Crippen molar-refractivity contribution < 1.29 is 9.90 Å². The van der Waals surface area contributed by atoms with E-state index in [2.05, 4.69) is 5.32 Å². The molecule has 0 unspecified atom stereocenters. The Morgan fingerprint density at radius 2 is 1.88 bits per heavy atom. The molecule has 0 aliphatic carbocycles. The number of phenolic OH excluding ortho intramolecular Hbond substituents is 1. The standard InChI is InChI=1S/C14H11NO2/c16-12-3-1-2-9(6-12)10-4-5-11-8-14(17)15-13(11)7-10/h1-7,16H,8H2,(H,15,17). The molecule has 0 spiro atoms. The summed E-state index contributed by atoms with van der Waals surface area (Å²) in [5.41, 5.74) is 3.82. The molecule has 1 heterocycles. The fourth-order valence-corrected chi connectivity index (χ4v) is 2.08. The Balaban J connectivity index is 2.06. The molecular formula is C14H11NO2. The molecule has 17 heavy (non-hydrogen) atoms. The van der Waals surface area contributed by atoms with Crippen molar-refractivity contribution >= 4 is 11.6 Å². The lowest BCUT2D eigenvalue weighted by Crippen LogP contribution is -2.03. The zero-order valence-corrected chi connectivity index (χ0v) is 9.10. The first-order valence-electron chi connectivity index (χ1n) is 5.44. The number of fused-ring (bicyclic) bond motifs is 1. The Labute approximate surface area is 98.7 Å². The average molecular weight is 225 g/mol. The number of hydrogen-bond donors (Lipinski definition) is 2. The van der Waals surface area contributed by atoms with E-state index in [9.17, 15) is 9.90 Å². The van der Waals surface area contributed by atoms with Crippen LogP contribution in [0.25, 0.3) is 11.1 Å². The van der Waals surface area contributed by atoms with Crippen molar-refractivity contribution in [2.45, 2.75) is 6.42 Å². The number of rotatable bonds is 1. The van der Waals surface area contributed by atoms with Gasteiger partial charge in [0.1, 0.15) is 5.75 Å². The fourth-order valence-electron chi connectivity index (χ4n) is 2.08. The van der Waals surface area contributed by atoms with Crippen molar-refractivity contribution in [2.75, 3.05) is 5.32 Å². The van der Waals surface area contributed by atoms with Crippen LogP contribution in [0.2, 0.25) is 0 Å². The van der Waals surface area contributed by atoms with Gasteiger partial charge in [0.05, 0.1) is 6.42 Å². The van der Waals surface area contributed by atoms with E-state index in [1.165, 1.54) is 0 Å². The normalized spacial score (nSPS) is 13.3. The van der Waals surface area contributed by atoms with Crippen LogP contribution in [0.4, 0.5) is 5.69 Å². The molecule has 2 aromatic rings. The summed E-state index contributed by atoms with van der Waals surface area (Å²) in [7, 11) is 0.